The standard InChI is InChI=1S/C27H29N3O3S/c31-27(33-21-26-17-28-22-34-26)30(19-24-11-5-2-6-12-24)15-8-14-29(20-25-13-7-16-32-25)18-23-9-3-1-4-10-23/h1-7,9-13,16-17,22H,8,14-15,18-21H2. The lowest BCUT2D eigenvalue weighted by atomic mass is 10.2. The van der Waals surface area contributed by atoms with Crippen LogP contribution in [0.2, 0.25) is 0 Å². The summed E-state index contributed by atoms with van der Waals surface area (Å²) in [5.41, 5.74) is 4.07. The highest BCUT2D eigenvalue weighted by molar-refractivity contribution is 7.09. The zero-order chi connectivity index (χ0) is 23.4. The van der Waals surface area contributed by atoms with Gasteiger partial charge in [-0.25, -0.2) is 4.79 Å². The molecule has 2 aromatic heterocycles. The fourth-order valence-corrected chi connectivity index (χ4v) is 4.25. The Morgan fingerprint density at radius 3 is 2.26 bits per heavy atom. The molecule has 0 atom stereocenters. The van der Waals surface area contributed by atoms with Gasteiger partial charge in [0.25, 0.3) is 0 Å². The quantitative estimate of drug-likeness (QED) is 0.253. The van der Waals surface area contributed by atoms with Crippen LogP contribution in [0, 0.1) is 0 Å². The van der Waals surface area contributed by atoms with Crippen molar-refractivity contribution in [1.82, 2.24) is 14.8 Å². The van der Waals surface area contributed by atoms with E-state index in [4.69, 9.17) is 9.15 Å². The minimum Gasteiger partial charge on any atom is -0.468 e. The smallest absolute Gasteiger partial charge is 0.410 e. The minimum atomic E-state index is -0.308. The van der Waals surface area contributed by atoms with Crippen LogP contribution in [0.3, 0.4) is 0 Å². The molecule has 0 aliphatic carbocycles. The van der Waals surface area contributed by atoms with Gasteiger partial charge in [-0.2, -0.15) is 0 Å². The van der Waals surface area contributed by atoms with E-state index < -0.39 is 0 Å². The van der Waals surface area contributed by atoms with Gasteiger partial charge in [-0.15, -0.1) is 11.3 Å². The van der Waals surface area contributed by atoms with E-state index in [0.717, 1.165) is 42.3 Å². The minimum absolute atomic E-state index is 0.243. The Morgan fingerprint density at radius 2 is 1.62 bits per heavy atom. The summed E-state index contributed by atoms with van der Waals surface area (Å²) in [7, 11) is 0. The molecular weight excluding hydrogens is 446 g/mol. The first kappa shape index (κ1) is 23.7. The Morgan fingerprint density at radius 1 is 0.882 bits per heavy atom. The molecule has 6 nitrogen and oxygen atoms in total. The highest BCUT2D eigenvalue weighted by Crippen LogP contribution is 2.14. The number of amides is 1. The molecule has 0 saturated carbocycles. The monoisotopic (exact) mass is 475 g/mol. The lowest BCUT2D eigenvalue weighted by Gasteiger charge is -2.25. The Labute approximate surface area is 204 Å². The maximum absolute atomic E-state index is 12.9. The molecule has 7 heteroatoms. The number of thiazole rings is 1. The lowest BCUT2D eigenvalue weighted by Crippen LogP contribution is -2.34. The van der Waals surface area contributed by atoms with E-state index >= 15 is 0 Å². The van der Waals surface area contributed by atoms with E-state index in [1.807, 2.05) is 48.5 Å². The van der Waals surface area contributed by atoms with Gasteiger partial charge in [-0.3, -0.25) is 9.88 Å². The molecular formula is C27H29N3O3S. The van der Waals surface area contributed by atoms with Crippen LogP contribution < -0.4 is 0 Å². The second-order valence-electron chi connectivity index (χ2n) is 8.06. The average molecular weight is 476 g/mol. The van der Waals surface area contributed by atoms with Crippen LogP contribution in [-0.2, 0) is 31.0 Å². The molecule has 0 aliphatic rings. The molecule has 2 aromatic carbocycles. The van der Waals surface area contributed by atoms with Crippen molar-refractivity contribution in [2.45, 2.75) is 32.7 Å². The number of furan rings is 1. The molecule has 2 heterocycles. The molecule has 0 bridgehead atoms. The maximum atomic E-state index is 12.9. The number of hydrogen-bond donors (Lipinski definition) is 0. The molecule has 0 radical (unpaired) electrons. The predicted molar refractivity (Wildman–Crippen MR) is 133 cm³/mol. The number of nitrogens with zero attached hydrogens (tertiary/aromatic N) is 3. The molecule has 1 amide bonds. The Balaban J connectivity index is 1.37. The SMILES string of the molecule is O=C(OCc1cncs1)N(CCCN(Cc1ccccc1)Cc1ccco1)Cc1ccccc1. The van der Waals surface area contributed by atoms with Crippen LogP contribution in [0.1, 0.15) is 28.2 Å². The fourth-order valence-electron chi connectivity index (χ4n) is 3.74. The first-order chi connectivity index (χ1) is 16.8. The van der Waals surface area contributed by atoms with E-state index in [1.54, 1.807) is 22.9 Å². The van der Waals surface area contributed by atoms with Gasteiger partial charge in [-0.1, -0.05) is 60.7 Å². The number of ether oxygens (including phenoxy) is 1. The highest BCUT2D eigenvalue weighted by atomic mass is 32.1. The molecule has 0 spiro atoms. The molecule has 0 N–H and O–H groups in total. The molecule has 0 aliphatic heterocycles. The van der Waals surface area contributed by atoms with Crippen molar-refractivity contribution in [2.24, 2.45) is 0 Å². The maximum Gasteiger partial charge on any atom is 0.410 e. The Bertz CT molecular complexity index is 1090. The zero-order valence-electron chi connectivity index (χ0n) is 19.1. The van der Waals surface area contributed by atoms with Crippen molar-refractivity contribution in [2.75, 3.05) is 13.1 Å². The Hall–Kier alpha value is -3.42. The van der Waals surface area contributed by atoms with Crippen LogP contribution in [0.25, 0.3) is 0 Å². The number of benzene rings is 2. The van der Waals surface area contributed by atoms with Crippen molar-refractivity contribution in [3.05, 3.63) is 113 Å². The van der Waals surface area contributed by atoms with Gasteiger partial charge < -0.3 is 14.1 Å². The summed E-state index contributed by atoms with van der Waals surface area (Å²) in [6, 6.07) is 24.3. The topological polar surface area (TPSA) is 58.8 Å². The summed E-state index contributed by atoms with van der Waals surface area (Å²) in [6.45, 7) is 3.71. The summed E-state index contributed by atoms with van der Waals surface area (Å²) in [5, 5.41) is 0. The van der Waals surface area contributed by atoms with Crippen LogP contribution >= 0.6 is 11.3 Å². The number of aromatic nitrogens is 1. The summed E-state index contributed by atoms with van der Waals surface area (Å²) in [5.74, 6) is 0.932. The average Bonchev–Trinajstić information content (AvgIpc) is 3.58. The number of carbonyl (C=O) groups excluding carboxylic acids is 1. The third kappa shape index (κ3) is 7.57. The van der Waals surface area contributed by atoms with E-state index in [-0.39, 0.29) is 12.7 Å². The van der Waals surface area contributed by atoms with E-state index in [2.05, 4.69) is 34.1 Å². The van der Waals surface area contributed by atoms with Gasteiger partial charge >= 0.3 is 6.09 Å². The first-order valence-corrected chi connectivity index (χ1v) is 12.3. The number of rotatable bonds is 12. The summed E-state index contributed by atoms with van der Waals surface area (Å²) in [6.07, 6.45) is 3.94. The largest absolute Gasteiger partial charge is 0.468 e. The van der Waals surface area contributed by atoms with Gasteiger partial charge in [0.15, 0.2) is 0 Å². The fraction of sp³-hybridized carbons (Fsp3) is 0.259. The summed E-state index contributed by atoms with van der Waals surface area (Å²) in [4.78, 5) is 22.0. The zero-order valence-corrected chi connectivity index (χ0v) is 19.9. The summed E-state index contributed by atoms with van der Waals surface area (Å²) < 4.78 is 11.2. The van der Waals surface area contributed by atoms with Gasteiger partial charge in [0, 0.05) is 32.4 Å². The van der Waals surface area contributed by atoms with Crippen molar-refractivity contribution < 1.29 is 13.9 Å². The van der Waals surface area contributed by atoms with Crippen LogP contribution in [0.4, 0.5) is 4.79 Å². The van der Waals surface area contributed by atoms with Crippen molar-refractivity contribution in [3.63, 3.8) is 0 Å². The van der Waals surface area contributed by atoms with Crippen LogP contribution in [0.5, 0.6) is 0 Å². The second kappa shape index (κ2) is 12.7. The Kier molecular flexibility index (Phi) is 8.88. The van der Waals surface area contributed by atoms with E-state index in [9.17, 15) is 4.79 Å². The predicted octanol–water partition coefficient (Wildman–Crippen LogP) is 5.97. The second-order valence-corrected chi connectivity index (χ2v) is 9.03. The molecule has 0 saturated heterocycles. The van der Waals surface area contributed by atoms with Gasteiger partial charge in [-0.05, 0) is 29.7 Å². The van der Waals surface area contributed by atoms with Crippen molar-refractivity contribution in [1.29, 1.82) is 0 Å². The first-order valence-electron chi connectivity index (χ1n) is 11.4. The van der Waals surface area contributed by atoms with Crippen LogP contribution in [-0.4, -0.2) is 34.0 Å². The third-order valence-electron chi connectivity index (χ3n) is 5.41. The van der Waals surface area contributed by atoms with Gasteiger partial charge in [0.05, 0.1) is 23.2 Å². The molecule has 0 fully saturated rings. The van der Waals surface area contributed by atoms with E-state index in [1.165, 1.54) is 16.9 Å². The highest BCUT2D eigenvalue weighted by Gasteiger charge is 2.17. The van der Waals surface area contributed by atoms with Crippen LogP contribution in [0.15, 0.2) is 95.2 Å². The molecule has 34 heavy (non-hydrogen) atoms. The molecule has 0 unspecified atom stereocenters. The number of hydrogen-bond acceptors (Lipinski definition) is 6. The van der Waals surface area contributed by atoms with Crippen molar-refractivity contribution >= 4 is 17.4 Å². The van der Waals surface area contributed by atoms with Gasteiger partial charge in [0.1, 0.15) is 12.4 Å². The van der Waals surface area contributed by atoms with E-state index in [0.29, 0.717) is 13.1 Å². The third-order valence-corrected chi connectivity index (χ3v) is 6.16. The lowest BCUT2D eigenvalue weighted by molar-refractivity contribution is 0.0919. The number of carbonyl (C=O) groups is 1. The van der Waals surface area contributed by atoms with Crippen molar-refractivity contribution in [3.8, 4) is 0 Å². The summed E-state index contributed by atoms with van der Waals surface area (Å²) >= 11 is 1.48. The van der Waals surface area contributed by atoms with Gasteiger partial charge in [0.2, 0.25) is 0 Å². The molecule has 176 valence electrons. The molecule has 4 aromatic rings. The molecule has 4 rings (SSSR count). The normalized spacial score (nSPS) is 11.0.